The number of para-hydroxylation sites is 1. The number of nitrogens with zero attached hydrogens (tertiary/aromatic N) is 3. The van der Waals surface area contributed by atoms with Gasteiger partial charge in [-0.15, -0.1) is 0 Å². The van der Waals surface area contributed by atoms with Crippen LogP contribution < -0.4 is 9.83 Å². The third-order valence-corrected chi connectivity index (χ3v) is 8.09. The maximum Gasteiger partial charge on any atom is 0.278 e. The van der Waals surface area contributed by atoms with E-state index < -0.39 is 19.2 Å². The van der Waals surface area contributed by atoms with Gasteiger partial charge in [0.1, 0.15) is 5.75 Å². The lowest BCUT2D eigenvalue weighted by Gasteiger charge is -2.41. The first-order chi connectivity index (χ1) is 15.9. The molecule has 8 nitrogen and oxygen atoms in total. The number of fused-ring (bicyclic) bond motifs is 3. The summed E-state index contributed by atoms with van der Waals surface area (Å²) in [7, 11) is -3.36. The maximum absolute atomic E-state index is 13.9. The molecule has 33 heavy (non-hydrogen) atoms. The lowest BCUT2D eigenvalue weighted by molar-refractivity contribution is -0.154. The summed E-state index contributed by atoms with van der Waals surface area (Å²) in [6.07, 6.45) is 2.19. The Hall–Kier alpha value is -3.64. The van der Waals surface area contributed by atoms with Gasteiger partial charge >= 0.3 is 0 Å². The van der Waals surface area contributed by atoms with Gasteiger partial charge in [0, 0.05) is 18.1 Å². The Morgan fingerprint density at radius 2 is 1.39 bits per heavy atom. The topological polar surface area (TPSA) is 87.2 Å². The number of carbonyl (C=O) groups excluding carboxylic acids is 3. The van der Waals surface area contributed by atoms with Gasteiger partial charge in [-0.05, 0) is 29.8 Å². The Kier molecular flexibility index (Phi) is 6.20. The van der Waals surface area contributed by atoms with Crippen LogP contribution in [0.5, 0.6) is 5.75 Å². The molecule has 2 aromatic rings. The van der Waals surface area contributed by atoms with E-state index in [1.54, 1.807) is 18.2 Å². The molecule has 170 valence electrons. The average Bonchev–Trinajstić information content (AvgIpc) is 2.86. The van der Waals surface area contributed by atoms with E-state index in [0.717, 1.165) is 23.3 Å². The normalized spacial score (nSPS) is 19.1. The fourth-order valence-electron chi connectivity index (χ4n) is 3.99. The highest BCUT2D eigenvalue weighted by atomic mass is 31.2. The molecule has 9 heteroatoms. The molecule has 1 saturated heterocycles. The first-order valence-electron chi connectivity index (χ1n) is 10.4. The highest BCUT2D eigenvalue weighted by Crippen LogP contribution is 2.54. The van der Waals surface area contributed by atoms with Crippen molar-refractivity contribution in [1.29, 1.82) is 0 Å². The Balaban J connectivity index is 1.54. The second-order valence-electron chi connectivity index (χ2n) is 7.77. The summed E-state index contributed by atoms with van der Waals surface area (Å²) < 4.78 is 19.9. The second-order valence-corrected chi connectivity index (χ2v) is 10.2. The van der Waals surface area contributed by atoms with Crippen LogP contribution in [0.4, 0.5) is 0 Å². The molecule has 1 atom stereocenters. The molecule has 0 aromatic heterocycles. The summed E-state index contributed by atoms with van der Waals surface area (Å²) >= 11 is 0. The van der Waals surface area contributed by atoms with Gasteiger partial charge in [-0.1, -0.05) is 49.6 Å². The minimum absolute atomic E-state index is 0.00150. The summed E-state index contributed by atoms with van der Waals surface area (Å²) in [5.74, 6) is -0.615. The fourth-order valence-corrected chi connectivity index (χ4v) is 6.26. The molecule has 3 amide bonds. The van der Waals surface area contributed by atoms with E-state index >= 15 is 0 Å². The largest absolute Gasteiger partial charge is 0.439 e. The smallest absolute Gasteiger partial charge is 0.278 e. The lowest BCUT2D eigenvalue weighted by atomic mass is 10.0. The van der Waals surface area contributed by atoms with E-state index in [4.69, 9.17) is 4.52 Å². The highest BCUT2D eigenvalue weighted by molar-refractivity contribution is 7.67. The molecule has 0 spiro atoms. The van der Waals surface area contributed by atoms with Crippen molar-refractivity contribution in [3.05, 3.63) is 73.8 Å². The van der Waals surface area contributed by atoms with Crippen LogP contribution in [0, 0.1) is 0 Å². The van der Waals surface area contributed by atoms with Gasteiger partial charge in [0.15, 0.2) is 0 Å². The average molecular weight is 465 g/mol. The van der Waals surface area contributed by atoms with Crippen molar-refractivity contribution in [3.8, 4) is 16.9 Å². The number of hydrogen-bond acceptors (Lipinski definition) is 5. The molecular formula is C24H24N3O5P. The van der Waals surface area contributed by atoms with E-state index in [-0.39, 0.29) is 38.5 Å². The molecule has 0 saturated carbocycles. The van der Waals surface area contributed by atoms with Crippen molar-refractivity contribution in [1.82, 2.24) is 14.7 Å². The van der Waals surface area contributed by atoms with Gasteiger partial charge in [-0.2, -0.15) is 0 Å². The Labute approximate surface area is 192 Å². The van der Waals surface area contributed by atoms with Crippen LogP contribution in [-0.2, 0) is 18.9 Å². The zero-order valence-electron chi connectivity index (χ0n) is 18.1. The van der Waals surface area contributed by atoms with E-state index in [1.165, 1.54) is 14.7 Å². The lowest BCUT2D eigenvalue weighted by Crippen LogP contribution is -2.59. The summed E-state index contributed by atoms with van der Waals surface area (Å²) in [5, 5.41) is 0.585. The van der Waals surface area contributed by atoms with Crippen LogP contribution in [0.25, 0.3) is 11.1 Å². The summed E-state index contributed by atoms with van der Waals surface area (Å²) in [6, 6.07) is 14.7. The standard InChI is InChI=1S/C24H24N3O5P/c1-3-22(28)25-15-26(23(29)4-2)17-27(16-25)24(30)13-14-33(31)21-12-8-6-10-19(21)18-9-5-7-11-20(18)32-33/h3-12H,1-2,13-17H2. The molecule has 0 bridgehead atoms. The molecule has 1 fully saturated rings. The Bertz CT molecular complexity index is 1170. The third-order valence-electron chi connectivity index (χ3n) is 5.66. The van der Waals surface area contributed by atoms with E-state index in [1.807, 2.05) is 30.3 Å². The van der Waals surface area contributed by atoms with Crippen LogP contribution in [0.15, 0.2) is 73.8 Å². The summed E-state index contributed by atoms with van der Waals surface area (Å²) in [5.41, 5.74) is 1.69. The maximum atomic E-state index is 13.9. The third kappa shape index (κ3) is 4.34. The van der Waals surface area contributed by atoms with Crippen molar-refractivity contribution in [2.75, 3.05) is 26.2 Å². The molecule has 0 aliphatic carbocycles. The molecular weight excluding hydrogens is 441 g/mol. The van der Waals surface area contributed by atoms with Crippen LogP contribution in [0.3, 0.4) is 0 Å². The summed E-state index contributed by atoms with van der Waals surface area (Å²) in [6.45, 7) is 6.99. The van der Waals surface area contributed by atoms with E-state index in [2.05, 4.69) is 13.2 Å². The first-order valence-corrected chi connectivity index (χ1v) is 12.3. The van der Waals surface area contributed by atoms with Crippen molar-refractivity contribution in [3.63, 3.8) is 0 Å². The van der Waals surface area contributed by atoms with Gasteiger partial charge in [0.25, 0.3) is 7.37 Å². The zero-order chi connectivity index (χ0) is 23.6. The molecule has 0 N–H and O–H groups in total. The van der Waals surface area contributed by atoms with Gasteiger partial charge in [-0.3, -0.25) is 18.9 Å². The van der Waals surface area contributed by atoms with Crippen molar-refractivity contribution < 1.29 is 23.5 Å². The quantitative estimate of drug-likeness (QED) is 0.501. The summed E-state index contributed by atoms with van der Waals surface area (Å²) in [4.78, 5) is 41.4. The minimum Gasteiger partial charge on any atom is -0.439 e. The van der Waals surface area contributed by atoms with Crippen molar-refractivity contribution in [2.45, 2.75) is 6.42 Å². The SMILES string of the molecule is C=CC(=O)N1CN(C(=O)C=C)CN(C(=O)CCP2(=O)Oc3ccccc3-c3ccccc32)C1. The Morgan fingerprint density at radius 3 is 2.03 bits per heavy atom. The molecule has 1 unspecified atom stereocenters. The van der Waals surface area contributed by atoms with Gasteiger partial charge in [-0.25, -0.2) is 0 Å². The van der Waals surface area contributed by atoms with Crippen LogP contribution in [0.2, 0.25) is 0 Å². The zero-order valence-corrected chi connectivity index (χ0v) is 18.9. The molecule has 4 rings (SSSR count). The molecule has 2 heterocycles. The molecule has 2 aliphatic heterocycles. The highest BCUT2D eigenvalue weighted by Gasteiger charge is 2.37. The van der Waals surface area contributed by atoms with Crippen LogP contribution in [0.1, 0.15) is 6.42 Å². The number of rotatable bonds is 5. The predicted molar refractivity (Wildman–Crippen MR) is 125 cm³/mol. The monoisotopic (exact) mass is 465 g/mol. The fraction of sp³-hybridized carbons (Fsp3) is 0.208. The van der Waals surface area contributed by atoms with Crippen molar-refractivity contribution >= 4 is 30.4 Å². The van der Waals surface area contributed by atoms with Crippen LogP contribution >= 0.6 is 7.37 Å². The van der Waals surface area contributed by atoms with E-state index in [9.17, 15) is 18.9 Å². The molecule has 2 aliphatic rings. The number of amides is 3. The van der Waals surface area contributed by atoms with Gasteiger partial charge < -0.3 is 19.2 Å². The van der Waals surface area contributed by atoms with Crippen molar-refractivity contribution in [2.24, 2.45) is 0 Å². The predicted octanol–water partition coefficient (Wildman–Crippen LogP) is 2.78. The molecule has 0 radical (unpaired) electrons. The van der Waals surface area contributed by atoms with Crippen LogP contribution in [-0.4, -0.2) is 58.6 Å². The van der Waals surface area contributed by atoms with Gasteiger partial charge in [0.2, 0.25) is 17.7 Å². The van der Waals surface area contributed by atoms with E-state index in [0.29, 0.717) is 11.1 Å². The molecule has 2 aromatic carbocycles. The Morgan fingerprint density at radius 1 is 0.848 bits per heavy atom. The number of carbonyl (C=O) groups is 3. The second kappa shape index (κ2) is 9.08. The van der Waals surface area contributed by atoms with Gasteiger partial charge in [0.05, 0.1) is 25.3 Å². The minimum atomic E-state index is -3.36. The number of benzene rings is 2. The first kappa shape index (κ1) is 22.6. The number of hydrogen-bond donors (Lipinski definition) is 0.